The van der Waals surface area contributed by atoms with Gasteiger partial charge in [0.15, 0.2) is 0 Å². The van der Waals surface area contributed by atoms with Gasteiger partial charge in [0.1, 0.15) is 5.82 Å². The molecule has 4 nitrogen and oxygen atoms in total. The summed E-state index contributed by atoms with van der Waals surface area (Å²) in [5.41, 5.74) is 3.83. The minimum atomic E-state index is 0.00563. The lowest BCUT2D eigenvalue weighted by Gasteiger charge is -2.23. The number of aromatic nitrogens is 2. The van der Waals surface area contributed by atoms with Crippen LogP contribution in [0.15, 0.2) is 42.5 Å². The fourth-order valence-corrected chi connectivity index (χ4v) is 4.31. The Labute approximate surface area is 163 Å². The van der Waals surface area contributed by atoms with Crippen LogP contribution in [0.3, 0.4) is 0 Å². The van der Waals surface area contributed by atoms with E-state index in [0.29, 0.717) is 5.02 Å². The highest BCUT2D eigenvalue weighted by Gasteiger charge is 2.43. The number of imidazole rings is 1. The summed E-state index contributed by atoms with van der Waals surface area (Å²) in [7, 11) is 1.87. The highest BCUT2D eigenvalue weighted by atomic mass is 35.5. The first-order valence-electron chi connectivity index (χ1n) is 9.58. The van der Waals surface area contributed by atoms with Crippen molar-refractivity contribution in [3.8, 4) is 0 Å². The Morgan fingerprint density at radius 2 is 1.85 bits per heavy atom. The van der Waals surface area contributed by atoms with Gasteiger partial charge in [-0.2, -0.15) is 0 Å². The van der Waals surface area contributed by atoms with Gasteiger partial charge in [-0.1, -0.05) is 49.6 Å². The van der Waals surface area contributed by atoms with Gasteiger partial charge in [0, 0.05) is 24.1 Å². The molecule has 1 aliphatic carbocycles. The number of benzene rings is 2. The molecule has 5 heteroatoms. The fourth-order valence-electron chi connectivity index (χ4n) is 4.15. The first kappa shape index (κ1) is 16.8. The van der Waals surface area contributed by atoms with Crippen molar-refractivity contribution in [2.75, 3.05) is 7.05 Å². The number of carbonyl (C=O) groups excluding carboxylic acids is 1. The van der Waals surface area contributed by atoms with Crippen LogP contribution in [0.4, 0.5) is 0 Å². The first-order chi connectivity index (χ1) is 13.0. The third-order valence-electron chi connectivity index (χ3n) is 5.94. The van der Waals surface area contributed by atoms with Gasteiger partial charge < -0.3 is 9.47 Å². The molecular weight excluding hydrogens is 358 g/mol. The van der Waals surface area contributed by atoms with E-state index in [-0.39, 0.29) is 18.0 Å². The van der Waals surface area contributed by atoms with Gasteiger partial charge in [-0.25, -0.2) is 4.98 Å². The Morgan fingerprint density at radius 3 is 2.59 bits per heavy atom. The van der Waals surface area contributed by atoms with E-state index in [9.17, 15) is 4.79 Å². The molecule has 1 aromatic heterocycles. The normalized spacial score (nSPS) is 22.8. The summed E-state index contributed by atoms with van der Waals surface area (Å²) in [5, 5.41) is 0.706. The predicted molar refractivity (Wildman–Crippen MR) is 107 cm³/mol. The lowest BCUT2D eigenvalue weighted by Crippen LogP contribution is -2.30. The number of rotatable bonds is 0. The van der Waals surface area contributed by atoms with Crippen molar-refractivity contribution >= 4 is 28.5 Å². The zero-order chi connectivity index (χ0) is 18.7. The Kier molecular flexibility index (Phi) is 3.80. The Bertz CT molecular complexity index is 1050. The molecular formula is C22H22ClN3O. The minimum Gasteiger partial charge on any atom is -0.331 e. The van der Waals surface area contributed by atoms with Gasteiger partial charge in [0.25, 0.3) is 5.91 Å². The van der Waals surface area contributed by atoms with Crippen molar-refractivity contribution in [1.29, 1.82) is 0 Å². The van der Waals surface area contributed by atoms with Crippen LogP contribution in [0.1, 0.15) is 60.0 Å². The molecule has 2 bridgehead atoms. The summed E-state index contributed by atoms with van der Waals surface area (Å²) in [4.78, 5) is 19.4. The van der Waals surface area contributed by atoms with E-state index >= 15 is 0 Å². The molecule has 0 spiro atoms. The van der Waals surface area contributed by atoms with Gasteiger partial charge in [-0.15, -0.1) is 0 Å². The van der Waals surface area contributed by atoms with Crippen LogP contribution in [0.25, 0.3) is 11.0 Å². The molecule has 2 atom stereocenters. The number of hydrogen-bond acceptors (Lipinski definition) is 2. The van der Waals surface area contributed by atoms with E-state index in [1.54, 1.807) is 0 Å². The van der Waals surface area contributed by atoms with Crippen LogP contribution in [-0.4, -0.2) is 27.4 Å². The fraction of sp³-hybridized carbons (Fsp3) is 0.364. The minimum absolute atomic E-state index is 0.00563. The van der Waals surface area contributed by atoms with E-state index in [1.807, 2.05) is 48.3 Å². The van der Waals surface area contributed by atoms with Crippen molar-refractivity contribution in [3.05, 3.63) is 64.4 Å². The average molecular weight is 380 g/mol. The number of nitrogens with zero attached hydrogens (tertiary/aromatic N) is 3. The van der Waals surface area contributed by atoms with Gasteiger partial charge in [0.2, 0.25) is 0 Å². The number of fused-ring (bicyclic) bond motifs is 9. The highest BCUT2D eigenvalue weighted by Crippen LogP contribution is 2.47. The van der Waals surface area contributed by atoms with E-state index < -0.39 is 0 Å². The monoisotopic (exact) mass is 379 g/mol. The maximum atomic E-state index is 12.8. The summed E-state index contributed by atoms with van der Waals surface area (Å²) >= 11 is 6.20. The van der Waals surface area contributed by atoms with E-state index in [0.717, 1.165) is 40.3 Å². The maximum Gasteiger partial charge on any atom is 0.254 e. The second-order valence-electron chi connectivity index (χ2n) is 7.93. The number of hydrogen-bond donors (Lipinski definition) is 0. The van der Waals surface area contributed by atoms with Crippen LogP contribution < -0.4 is 0 Å². The summed E-state index contributed by atoms with van der Waals surface area (Å²) in [5.74, 6) is 2.11. The van der Waals surface area contributed by atoms with Crippen molar-refractivity contribution in [2.45, 2.75) is 38.3 Å². The molecule has 0 saturated heterocycles. The molecule has 3 aliphatic rings. The number of amides is 1. The van der Waals surface area contributed by atoms with Crippen LogP contribution in [-0.2, 0) is 0 Å². The summed E-state index contributed by atoms with van der Waals surface area (Å²) in [6.45, 7) is 2.28. The van der Waals surface area contributed by atoms with E-state index in [2.05, 4.69) is 17.6 Å². The molecule has 3 heterocycles. The third-order valence-corrected chi connectivity index (χ3v) is 6.17. The molecule has 1 amide bonds. The Hall–Kier alpha value is -2.33. The summed E-state index contributed by atoms with van der Waals surface area (Å²) < 4.78 is 2.26. The molecule has 6 rings (SSSR count). The topological polar surface area (TPSA) is 38.1 Å². The summed E-state index contributed by atoms with van der Waals surface area (Å²) in [6.07, 6.45) is 3.84. The zero-order valence-electron chi connectivity index (χ0n) is 15.5. The summed E-state index contributed by atoms with van der Waals surface area (Å²) in [6, 6.07) is 13.8. The molecule has 1 fully saturated rings. The van der Waals surface area contributed by atoms with Crippen molar-refractivity contribution < 1.29 is 4.79 Å². The maximum absolute atomic E-state index is 12.8. The Morgan fingerprint density at radius 1 is 1.11 bits per heavy atom. The predicted octanol–water partition coefficient (Wildman–Crippen LogP) is 5.23. The molecule has 2 unspecified atom stereocenters. The van der Waals surface area contributed by atoms with Crippen molar-refractivity contribution in [3.63, 3.8) is 0 Å². The smallest absolute Gasteiger partial charge is 0.254 e. The van der Waals surface area contributed by atoms with Crippen LogP contribution >= 0.6 is 11.6 Å². The highest BCUT2D eigenvalue weighted by molar-refractivity contribution is 6.31. The standard InChI is InChI=1S/C18H14ClN3O.C4H8/c1-21-16-9-14(11-4-2-3-5-12(11)18(21)23)22-15-8-10(19)6-7-13(15)20-17(16)22;1-4-2-3-4/h2-8,14,16H,9H2,1H3;4H,2-3H2,1H3. The van der Waals surface area contributed by atoms with E-state index in [4.69, 9.17) is 16.6 Å². The molecule has 2 aliphatic heterocycles. The van der Waals surface area contributed by atoms with Gasteiger partial charge in [-0.3, -0.25) is 4.79 Å². The van der Waals surface area contributed by atoms with Gasteiger partial charge >= 0.3 is 0 Å². The SMILES string of the molecule is CC1CC1.CN1C(=O)c2ccccc2C2CC1c1nc3ccc(Cl)cc3n12. The molecule has 27 heavy (non-hydrogen) atoms. The van der Waals surface area contributed by atoms with Gasteiger partial charge in [-0.05, 0) is 35.7 Å². The van der Waals surface area contributed by atoms with E-state index in [1.165, 1.54) is 12.8 Å². The van der Waals surface area contributed by atoms with Crippen LogP contribution in [0.5, 0.6) is 0 Å². The molecule has 2 aromatic carbocycles. The quantitative estimate of drug-likeness (QED) is 0.536. The Balaban J connectivity index is 0.000000358. The molecule has 3 aromatic rings. The first-order valence-corrected chi connectivity index (χ1v) is 9.96. The van der Waals surface area contributed by atoms with Crippen LogP contribution in [0.2, 0.25) is 5.02 Å². The molecule has 138 valence electrons. The lowest BCUT2D eigenvalue weighted by molar-refractivity contribution is 0.0734. The molecule has 0 radical (unpaired) electrons. The third kappa shape index (κ3) is 2.66. The zero-order valence-corrected chi connectivity index (χ0v) is 16.3. The molecule has 0 N–H and O–H groups in total. The number of halogens is 1. The molecule has 1 saturated carbocycles. The van der Waals surface area contributed by atoms with Crippen LogP contribution in [0, 0.1) is 5.92 Å². The second-order valence-corrected chi connectivity index (χ2v) is 8.36. The number of carbonyl (C=O) groups is 1. The largest absolute Gasteiger partial charge is 0.331 e. The van der Waals surface area contributed by atoms with Crippen molar-refractivity contribution in [1.82, 2.24) is 14.5 Å². The van der Waals surface area contributed by atoms with Crippen molar-refractivity contribution in [2.24, 2.45) is 5.92 Å². The lowest BCUT2D eigenvalue weighted by atomic mass is 9.99. The average Bonchev–Trinajstić information content (AvgIpc) is 3.27. The second kappa shape index (κ2) is 6.10. The van der Waals surface area contributed by atoms with Gasteiger partial charge in [0.05, 0.1) is 23.1 Å².